The topological polar surface area (TPSA) is 59.4 Å². The number of rotatable bonds is 8. The van der Waals surface area contributed by atoms with E-state index < -0.39 is 5.97 Å². The Balaban J connectivity index is 1.63. The van der Waals surface area contributed by atoms with Gasteiger partial charge in [0.05, 0.1) is 6.61 Å². The highest BCUT2D eigenvalue weighted by atomic mass is 16.5. The van der Waals surface area contributed by atoms with E-state index in [9.17, 15) is 4.79 Å². The molecular formula is C26H23NO3. The van der Waals surface area contributed by atoms with Gasteiger partial charge in [0, 0.05) is 24.6 Å². The summed E-state index contributed by atoms with van der Waals surface area (Å²) in [4.78, 5) is 15.5. The van der Waals surface area contributed by atoms with Gasteiger partial charge < -0.3 is 9.84 Å². The van der Waals surface area contributed by atoms with Crippen molar-refractivity contribution in [2.45, 2.75) is 19.3 Å². The zero-order valence-corrected chi connectivity index (χ0v) is 16.6. The van der Waals surface area contributed by atoms with Gasteiger partial charge in [-0.05, 0) is 46.0 Å². The average molecular weight is 397 g/mol. The van der Waals surface area contributed by atoms with E-state index in [1.54, 1.807) is 6.20 Å². The molecule has 0 bridgehead atoms. The second kappa shape index (κ2) is 9.23. The van der Waals surface area contributed by atoms with Crippen molar-refractivity contribution >= 4 is 16.7 Å². The number of aryl methyl sites for hydroxylation is 1. The Morgan fingerprint density at radius 1 is 0.833 bits per heavy atom. The van der Waals surface area contributed by atoms with Crippen molar-refractivity contribution in [1.82, 2.24) is 4.98 Å². The van der Waals surface area contributed by atoms with Crippen LogP contribution in [0.25, 0.3) is 21.9 Å². The zero-order chi connectivity index (χ0) is 20.8. The maximum atomic E-state index is 11.0. The van der Waals surface area contributed by atoms with E-state index in [0.29, 0.717) is 18.9 Å². The van der Waals surface area contributed by atoms with E-state index in [4.69, 9.17) is 9.84 Å². The number of hydrogen-bond donors (Lipinski definition) is 1. The number of pyridine rings is 1. The number of nitrogens with zero attached hydrogens (tertiary/aromatic N) is 1. The Kier molecular flexibility index (Phi) is 6.04. The number of carboxylic acid groups (broad SMARTS) is 1. The molecule has 4 heteroatoms. The molecule has 0 radical (unpaired) electrons. The minimum absolute atomic E-state index is 0.0764. The first kappa shape index (κ1) is 19.6. The molecule has 0 aliphatic carbocycles. The summed E-state index contributed by atoms with van der Waals surface area (Å²) in [5.41, 5.74) is 3.99. The van der Waals surface area contributed by atoms with Gasteiger partial charge in [0.1, 0.15) is 0 Å². The fraction of sp³-hybridized carbons (Fsp3) is 0.154. The molecule has 0 atom stereocenters. The van der Waals surface area contributed by atoms with Crippen LogP contribution in [0.4, 0.5) is 0 Å². The summed E-state index contributed by atoms with van der Waals surface area (Å²) >= 11 is 0. The van der Waals surface area contributed by atoms with Gasteiger partial charge in [-0.3, -0.25) is 4.79 Å². The first-order valence-corrected chi connectivity index (χ1v) is 10.1. The summed E-state index contributed by atoms with van der Waals surface area (Å²) in [6.45, 7) is 0.520. The highest BCUT2D eigenvalue weighted by molar-refractivity contribution is 5.88. The van der Waals surface area contributed by atoms with Gasteiger partial charge in [-0.25, -0.2) is 4.98 Å². The largest absolute Gasteiger partial charge is 0.481 e. The molecule has 0 fully saturated rings. The molecule has 3 aromatic carbocycles. The third-order valence-electron chi connectivity index (χ3n) is 5.07. The number of aliphatic carboxylic acids is 1. The van der Waals surface area contributed by atoms with Gasteiger partial charge in [-0.1, -0.05) is 66.7 Å². The van der Waals surface area contributed by atoms with E-state index in [-0.39, 0.29) is 6.42 Å². The third-order valence-corrected chi connectivity index (χ3v) is 5.07. The number of ether oxygens (including phenoxy) is 1. The Morgan fingerprint density at radius 3 is 2.40 bits per heavy atom. The lowest BCUT2D eigenvalue weighted by Gasteiger charge is -2.13. The molecule has 0 aliphatic heterocycles. The highest BCUT2D eigenvalue weighted by Gasteiger charge is 2.12. The maximum absolute atomic E-state index is 11.0. The van der Waals surface area contributed by atoms with Gasteiger partial charge in [0.15, 0.2) is 0 Å². The smallest absolute Gasteiger partial charge is 0.303 e. The first-order chi connectivity index (χ1) is 14.7. The minimum Gasteiger partial charge on any atom is -0.481 e. The second-order valence-corrected chi connectivity index (χ2v) is 7.24. The molecule has 4 aromatic rings. The lowest BCUT2D eigenvalue weighted by Crippen LogP contribution is -2.05. The van der Waals surface area contributed by atoms with Crippen molar-refractivity contribution in [3.8, 4) is 17.0 Å². The molecule has 30 heavy (non-hydrogen) atoms. The number of aromatic nitrogens is 1. The van der Waals surface area contributed by atoms with Gasteiger partial charge >= 0.3 is 5.97 Å². The van der Waals surface area contributed by atoms with Crippen molar-refractivity contribution in [3.05, 3.63) is 96.2 Å². The van der Waals surface area contributed by atoms with Gasteiger partial charge in [-0.15, -0.1) is 0 Å². The highest BCUT2D eigenvalue weighted by Crippen LogP contribution is 2.32. The molecule has 0 spiro atoms. The average Bonchev–Trinajstić information content (AvgIpc) is 2.78. The molecule has 1 heterocycles. The molecule has 0 amide bonds. The molecule has 0 saturated carbocycles. The Labute approximate surface area is 175 Å². The first-order valence-electron chi connectivity index (χ1n) is 10.1. The van der Waals surface area contributed by atoms with E-state index in [1.165, 1.54) is 10.9 Å². The predicted octanol–water partition coefficient (Wildman–Crippen LogP) is 5.54. The third kappa shape index (κ3) is 4.84. The van der Waals surface area contributed by atoms with Gasteiger partial charge in [0.25, 0.3) is 0 Å². The van der Waals surface area contributed by atoms with Crippen molar-refractivity contribution in [3.63, 3.8) is 0 Å². The van der Waals surface area contributed by atoms with Crippen molar-refractivity contribution < 1.29 is 14.6 Å². The fourth-order valence-corrected chi connectivity index (χ4v) is 3.47. The summed E-state index contributed by atoms with van der Waals surface area (Å²) in [7, 11) is 0. The quantitative estimate of drug-likeness (QED) is 0.424. The van der Waals surface area contributed by atoms with Crippen LogP contribution >= 0.6 is 0 Å². The Hall–Kier alpha value is -3.66. The van der Waals surface area contributed by atoms with Crippen LogP contribution < -0.4 is 4.74 Å². The summed E-state index contributed by atoms with van der Waals surface area (Å²) in [6.07, 6.45) is 3.02. The minimum atomic E-state index is -0.814. The van der Waals surface area contributed by atoms with Crippen LogP contribution in [0, 0.1) is 0 Å². The fourth-order valence-electron chi connectivity index (χ4n) is 3.47. The van der Waals surface area contributed by atoms with Crippen molar-refractivity contribution in [2.75, 3.05) is 6.61 Å². The molecule has 0 saturated heterocycles. The lowest BCUT2D eigenvalue weighted by atomic mass is 10.00. The standard InChI is InChI=1S/C26H23NO3/c28-25(29)13-10-20-16-24(23-12-11-21-8-4-5-9-22(21)17-23)26(27-18-20)30-15-14-19-6-2-1-3-7-19/h1-9,11-12,16-18H,10,13-15H2,(H,28,29). The van der Waals surface area contributed by atoms with Crippen molar-refractivity contribution in [2.24, 2.45) is 0 Å². The van der Waals surface area contributed by atoms with E-state index >= 15 is 0 Å². The van der Waals surface area contributed by atoms with Crippen LogP contribution in [0.5, 0.6) is 5.88 Å². The van der Waals surface area contributed by atoms with E-state index in [0.717, 1.165) is 28.5 Å². The number of carboxylic acids is 1. The Morgan fingerprint density at radius 2 is 1.60 bits per heavy atom. The van der Waals surface area contributed by atoms with Crippen LogP contribution in [0.2, 0.25) is 0 Å². The molecule has 0 aliphatic rings. The predicted molar refractivity (Wildman–Crippen MR) is 119 cm³/mol. The van der Waals surface area contributed by atoms with Crippen LogP contribution in [0.3, 0.4) is 0 Å². The normalized spacial score (nSPS) is 10.8. The molecule has 150 valence electrons. The van der Waals surface area contributed by atoms with E-state index in [1.807, 2.05) is 36.4 Å². The number of hydrogen-bond acceptors (Lipinski definition) is 3. The van der Waals surface area contributed by atoms with Gasteiger partial charge in [-0.2, -0.15) is 0 Å². The number of benzene rings is 3. The van der Waals surface area contributed by atoms with Crippen LogP contribution in [0.15, 0.2) is 85.1 Å². The van der Waals surface area contributed by atoms with Crippen molar-refractivity contribution in [1.29, 1.82) is 0 Å². The lowest BCUT2D eigenvalue weighted by molar-refractivity contribution is -0.136. The monoisotopic (exact) mass is 397 g/mol. The Bertz CT molecular complexity index is 1160. The molecule has 4 nitrogen and oxygen atoms in total. The molecule has 4 rings (SSSR count). The summed E-state index contributed by atoms with van der Waals surface area (Å²) in [5.74, 6) is -0.245. The summed E-state index contributed by atoms with van der Waals surface area (Å²) in [6, 6.07) is 26.7. The SMILES string of the molecule is O=C(O)CCc1cnc(OCCc2ccccc2)c(-c2ccc3ccccc3c2)c1. The van der Waals surface area contributed by atoms with E-state index in [2.05, 4.69) is 47.4 Å². The molecule has 1 N–H and O–H groups in total. The number of carbonyl (C=O) groups is 1. The second-order valence-electron chi connectivity index (χ2n) is 7.24. The number of fused-ring (bicyclic) bond motifs is 1. The summed E-state index contributed by atoms with van der Waals surface area (Å²) < 4.78 is 6.06. The maximum Gasteiger partial charge on any atom is 0.303 e. The summed E-state index contributed by atoms with van der Waals surface area (Å²) in [5, 5.41) is 11.3. The van der Waals surface area contributed by atoms with Crippen LogP contribution in [-0.2, 0) is 17.6 Å². The molecule has 0 unspecified atom stereocenters. The molecule has 1 aromatic heterocycles. The van der Waals surface area contributed by atoms with Crippen LogP contribution in [0.1, 0.15) is 17.5 Å². The van der Waals surface area contributed by atoms with Crippen LogP contribution in [-0.4, -0.2) is 22.7 Å². The zero-order valence-electron chi connectivity index (χ0n) is 16.6. The van der Waals surface area contributed by atoms with Gasteiger partial charge in [0.2, 0.25) is 5.88 Å². The molecular weight excluding hydrogens is 374 g/mol.